The van der Waals surface area contributed by atoms with Crippen molar-refractivity contribution >= 4 is 23.1 Å². The second-order valence-corrected chi connectivity index (χ2v) is 3.67. The summed E-state index contributed by atoms with van der Waals surface area (Å²) in [5, 5.41) is 1.04. The number of aromatic nitrogens is 1. The number of ether oxygens (including phenoxy) is 1. The second kappa shape index (κ2) is 3.42. The molecule has 0 aliphatic heterocycles. The van der Waals surface area contributed by atoms with Crippen molar-refractivity contribution in [2.24, 2.45) is 0 Å². The maximum absolute atomic E-state index is 5.29. The smallest absolute Gasteiger partial charge is 0.143 e. The van der Waals surface area contributed by atoms with Gasteiger partial charge < -0.3 is 9.72 Å². The summed E-state index contributed by atoms with van der Waals surface area (Å²) >= 11 is 5.25. The van der Waals surface area contributed by atoms with Crippen LogP contribution in [0.4, 0.5) is 0 Å². The van der Waals surface area contributed by atoms with Crippen LogP contribution in [0, 0.1) is 11.4 Å². The molecule has 0 atom stereocenters. The van der Waals surface area contributed by atoms with Crippen LogP contribution in [-0.4, -0.2) is 12.1 Å². The van der Waals surface area contributed by atoms with Crippen molar-refractivity contribution in [3.63, 3.8) is 0 Å². The van der Waals surface area contributed by atoms with Crippen LogP contribution in [0.3, 0.4) is 0 Å². The highest BCUT2D eigenvalue weighted by Crippen LogP contribution is 2.25. The van der Waals surface area contributed by atoms with Gasteiger partial charge >= 0.3 is 0 Å². The number of aryl methyl sites for hydroxylation is 1. The van der Waals surface area contributed by atoms with E-state index in [9.17, 15) is 0 Å². The molecule has 0 aliphatic rings. The Bertz CT molecular complexity index is 530. The number of aromatic amines is 1. The second-order valence-electron chi connectivity index (χ2n) is 3.23. The number of benzene rings is 1. The summed E-state index contributed by atoms with van der Waals surface area (Å²) in [5.74, 6) is 0.840. The van der Waals surface area contributed by atoms with E-state index in [0.29, 0.717) is 0 Å². The first kappa shape index (κ1) is 9.21. The molecule has 1 aromatic heterocycles. The Labute approximate surface area is 87.5 Å². The first-order chi connectivity index (χ1) is 6.72. The Morgan fingerprint density at radius 1 is 1.36 bits per heavy atom. The molecule has 1 heterocycles. The minimum Gasteiger partial charge on any atom is -0.495 e. The molecule has 14 heavy (non-hydrogen) atoms. The van der Waals surface area contributed by atoms with E-state index >= 15 is 0 Å². The number of pyridine rings is 1. The Kier molecular flexibility index (Phi) is 2.25. The number of H-pyrrole nitrogens is 1. The fraction of sp³-hybridized carbons (Fsp3) is 0.182. The Morgan fingerprint density at radius 2 is 2.14 bits per heavy atom. The van der Waals surface area contributed by atoms with E-state index in [1.54, 1.807) is 7.11 Å². The first-order valence-corrected chi connectivity index (χ1v) is 4.79. The van der Waals surface area contributed by atoms with Gasteiger partial charge in [-0.3, -0.25) is 0 Å². The Morgan fingerprint density at radius 3 is 2.86 bits per heavy atom. The zero-order chi connectivity index (χ0) is 10.1. The third-order valence-electron chi connectivity index (χ3n) is 2.19. The maximum Gasteiger partial charge on any atom is 0.143 e. The molecule has 2 rings (SSSR count). The van der Waals surface area contributed by atoms with E-state index in [4.69, 9.17) is 17.0 Å². The van der Waals surface area contributed by atoms with Crippen LogP contribution in [0.5, 0.6) is 5.75 Å². The van der Waals surface area contributed by atoms with Gasteiger partial charge in [0.2, 0.25) is 0 Å². The van der Waals surface area contributed by atoms with Crippen LogP contribution in [0.2, 0.25) is 0 Å². The van der Waals surface area contributed by atoms with Gasteiger partial charge in [0.15, 0.2) is 0 Å². The molecule has 0 amide bonds. The van der Waals surface area contributed by atoms with Gasteiger partial charge in [-0.2, -0.15) is 0 Å². The average Bonchev–Trinajstić information content (AvgIpc) is 2.18. The lowest BCUT2D eigenvalue weighted by atomic mass is 10.1. The van der Waals surface area contributed by atoms with Gasteiger partial charge in [0.25, 0.3) is 0 Å². The van der Waals surface area contributed by atoms with Crippen molar-refractivity contribution in [3.05, 3.63) is 34.5 Å². The summed E-state index contributed by atoms with van der Waals surface area (Å²) < 4.78 is 6.13. The van der Waals surface area contributed by atoms with Crippen LogP contribution < -0.4 is 4.74 Å². The van der Waals surface area contributed by atoms with E-state index in [1.807, 2.05) is 25.3 Å². The van der Waals surface area contributed by atoms with Crippen molar-refractivity contribution < 1.29 is 4.74 Å². The van der Waals surface area contributed by atoms with Gasteiger partial charge in [0.05, 0.1) is 12.6 Å². The van der Waals surface area contributed by atoms with Crippen LogP contribution in [-0.2, 0) is 0 Å². The van der Waals surface area contributed by atoms with Gasteiger partial charge in [0, 0.05) is 16.1 Å². The molecule has 1 aromatic carbocycles. The fourth-order valence-electron chi connectivity index (χ4n) is 1.55. The Hall–Kier alpha value is -1.35. The van der Waals surface area contributed by atoms with Gasteiger partial charge in [-0.15, -0.1) is 0 Å². The van der Waals surface area contributed by atoms with Gasteiger partial charge in [-0.25, -0.2) is 0 Å². The number of fused-ring (bicyclic) bond motifs is 1. The summed E-state index contributed by atoms with van der Waals surface area (Å²) in [4.78, 5) is 3.15. The van der Waals surface area contributed by atoms with Crippen LogP contribution in [0.1, 0.15) is 5.56 Å². The summed E-state index contributed by atoms with van der Waals surface area (Å²) in [5.41, 5.74) is 2.12. The molecule has 0 spiro atoms. The highest BCUT2D eigenvalue weighted by Gasteiger charge is 2.03. The number of nitrogens with one attached hydrogen (secondary N) is 1. The quantitative estimate of drug-likeness (QED) is 0.723. The van der Waals surface area contributed by atoms with Crippen molar-refractivity contribution in [2.45, 2.75) is 6.92 Å². The molecule has 2 aromatic rings. The lowest BCUT2D eigenvalue weighted by Crippen LogP contribution is -1.89. The lowest BCUT2D eigenvalue weighted by molar-refractivity contribution is 0.418. The zero-order valence-corrected chi connectivity index (χ0v) is 8.94. The number of hydrogen-bond acceptors (Lipinski definition) is 2. The minimum atomic E-state index is 0.840. The van der Waals surface area contributed by atoms with Crippen LogP contribution in [0.25, 0.3) is 10.9 Å². The third-order valence-corrected chi connectivity index (χ3v) is 2.55. The number of rotatable bonds is 1. The third kappa shape index (κ3) is 1.40. The zero-order valence-electron chi connectivity index (χ0n) is 8.13. The van der Waals surface area contributed by atoms with E-state index in [2.05, 4.69) is 11.1 Å². The summed E-state index contributed by atoms with van der Waals surface area (Å²) in [7, 11) is 1.66. The monoisotopic (exact) mass is 205 g/mol. The SMILES string of the molecule is COc1cc(C)cc2c(=S)cc[nH]c12. The number of methoxy groups -OCH3 is 1. The standard InChI is InChI=1S/C11H11NOS/c1-7-5-8-10(14)3-4-12-11(8)9(6-7)13-2/h3-6H,1-2H3,(H,12,14). The molecular formula is C11H11NOS. The predicted octanol–water partition coefficient (Wildman–Crippen LogP) is 3.21. The van der Waals surface area contributed by atoms with Crippen LogP contribution >= 0.6 is 12.2 Å². The van der Waals surface area contributed by atoms with E-state index < -0.39 is 0 Å². The molecule has 0 radical (unpaired) electrons. The van der Waals surface area contributed by atoms with Crippen molar-refractivity contribution in [1.82, 2.24) is 4.98 Å². The topological polar surface area (TPSA) is 25.0 Å². The predicted molar refractivity (Wildman–Crippen MR) is 60.4 cm³/mol. The van der Waals surface area contributed by atoms with Gasteiger partial charge in [-0.05, 0) is 30.7 Å². The minimum absolute atomic E-state index is 0.840. The van der Waals surface area contributed by atoms with E-state index in [-0.39, 0.29) is 0 Å². The first-order valence-electron chi connectivity index (χ1n) is 4.38. The highest BCUT2D eigenvalue weighted by molar-refractivity contribution is 7.71. The van der Waals surface area contributed by atoms with E-state index in [1.165, 1.54) is 0 Å². The average molecular weight is 205 g/mol. The molecular weight excluding hydrogens is 194 g/mol. The molecule has 0 aliphatic carbocycles. The molecule has 3 heteroatoms. The molecule has 0 saturated carbocycles. The highest BCUT2D eigenvalue weighted by atomic mass is 32.1. The summed E-state index contributed by atoms with van der Waals surface area (Å²) in [6.07, 6.45) is 1.84. The lowest BCUT2D eigenvalue weighted by Gasteiger charge is -2.06. The van der Waals surface area contributed by atoms with Crippen LogP contribution in [0.15, 0.2) is 24.4 Å². The molecule has 1 N–H and O–H groups in total. The summed E-state index contributed by atoms with van der Waals surface area (Å²) in [6.45, 7) is 2.03. The van der Waals surface area contributed by atoms with Crippen molar-refractivity contribution in [3.8, 4) is 5.75 Å². The van der Waals surface area contributed by atoms with E-state index in [0.717, 1.165) is 26.7 Å². The maximum atomic E-state index is 5.29. The molecule has 72 valence electrons. The molecule has 2 nitrogen and oxygen atoms in total. The normalized spacial score (nSPS) is 10.4. The van der Waals surface area contributed by atoms with Crippen molar-refractivity contribution in [2.75, 3.05) is 7.11 Å². The molecule has 0 bridgehead atoms. The Balaban J connectivity index is 2.95. The van der Waals surface area contributed by atoms with Gasteiger partial charge in [0.1, 0.15) is 5.75 Å². The molecule has 0 saturated heterocycles. The molecule has 0 fully saturated rings. The van der Waals surface area contributed by atoms with Crippen molar-refractivity contribution in [1.29, 1.82) is 0 Å². The summed E-state index contributed by atoms with van der Waals surface area (Å²) in [6, 6.07) is 5.95. The van der Waals surface area contributed by atoms with Gasteiger partial charge in [-0.1, -0.05) is 12.2 Å². The largest absolute Gasteiger partial charge is 0.495 e. The number of hydrogen-bond donors (Lipinski definition) is 1. The molecule has 0 unspecified atom stereocenters. The fourth-order valence-corrected chi connectivity index (χ4v) is 1.78.